The number of aliphatic hydroxyl groups is 1. The zero-order chi connectivity index (χ0) is 12.8. The molecule has 1 aromatic rings. The number of ether oxygens (including phenoxy) is 1. The van der Waals surface area contributed by atoms with E-state index in [1.807, 2.05) is 0 Å². The van der Waals surface area contributed by atoms with Gasteiger partial charge in [0.15, 0.2) is 0 Å². The summed E-state index contributed by atoms with van der Waals surface area (Å²) in [5.41, 5.74) is 0.0185. The van der Waals surface area contributed by atoms with Gasteiger partial charge in [-0.1, -0.05) is 27.9 Å². The van der Waals surface area contributed by atoms with Gasteiger partial charge in [-0.05, 0) is 19.1 Å². The predicted octanol–water partition coefficient (Wildman–Crippen LogP) is 2.19. The van der Waals surface area contributed by atoms with Crippen molar-refractivity contribution >= 4 is 21.9 Å². The van der Waals surface area contributed by atoms with Crippen molar-refractivity contribution < 1.29 is 19.0 Å². The van der Waals surface area contributed by atoms with E-state index in [9.17, 15) is 14.3 Å². The lowest BCUT2D eigenvalue weighted by atomic mass is 10.1. The Balaban J connectivity index is 2.82. The minimum Gasteiger partial charge on any atom is -0.456 e. The molecule has 1 unspecified atom stereocenters. The molecule has 1 atom stereocenters. The Bertz CT molecular complexity index is 476. The van der Waals surface area contributed by atoms with Gasteiger partial charge in [-0.25, -0.2) is 9.18 Å². The Kier molecular flexibility index (Phi) is 5.13. The molecule has 0 saturated carbocycles. The lowest BCUT2D eigenvalue weighted by molar-refractivity contribution is -0.136. The molecule has 0 heterocycles. The van der Waals surface area contributed by atoms with Crippen LogP contribution in [0.4, 0.5) is 4.39 Å². The summed E-state index contributed by atoms with van der Waals surface area (Å²) in [4.78, 5) is 10.9. The number of esters is 1. The Hall–Kier alpha value is -1.38. The minimum absolute atomic E-state index is 0.0185. The van der Waals surface area contributed by atoms with Gasteiger partial charge in [0.05, 0.1) is 6.61 Å². The van der Waals surface area contributed by atoms with Crippen molar-refractivity contribution in [1.29, 1.82) is 0 Å². The molecule has 0 aliphatic heterocycles. The SMILES string of the molecule is CCOC(=O)C#CC(O)c1ccc(Br)cc1F. The summed E-state index contributed by atoms with van der Waals surface area (Å²) >= 11 is 3.10. The molecular formula is C12H10BrFO3. The second kappa shape index (κ2) is 6.38. The van der Waals surface area contributed by atoms with Crippen molar-refractivity contribution in [2.24, 2.45) is 0 Å². The van der Waals surface area contributed by atoms with E-state index in [1.54, 1.807) is 13.0 Å². The van der Waals surface area contributed by atoms with Crippen LogP contribution in [0, 0.1) is 17.7 Å². The number of rotatable bonds is 2. The Morgan fingerprint density at radius 3 is 2.94 bits per heavy atom. The summed E-state index contributed by atoms with van der Waals surface area (Å²) in [6, 6.07) is 4.18. The number of halogens is 2. The van der Waals surface area contributed by atoms with E-state index in [0.717, 1.165) is 0 Å². The molecule has 0 aromatic heterocycles. The zero-order valence-corrected chi connectivity index (χ0v) is 10.6. The largest absolute Gasteiger partial charge is 0.456 e. The highest BCUT2D eigenvalue weighted by Crippen LogP contribution is 2.20. The molecule has 3 nitrogen and oxygen atoms in total. The number of hydrogen-bond acceptors (Lipinski definition) is 3. The van der Waals surface area contributed by atoms with E-state index in [4.69, 9.17) is 0 Å². The monoisotopic (exact) mass is 300 g/mol. The smallest absolute Gasteiger partial charge is 0.384 e. The van der Waals surface area contributed by atoms with Crippen molar-refractivity contribution in [3.63, 3.8) is 0 Å². The Morgan fingerprint density at radius 1 is 1.65 bits per heavy atom. The lowest BCUT2D eigenvalue weighted by Gasteiger charge is -2.05. The molecule has 5 heteroatoms. The van der Waals surface area contributed by atoms with E-state index < -0.39 is 17.9 Å². The third kappa shape index (κ3) is 4.17. The lowest BCUT2D eigenvalue weighted by Crippen LogP contribution is -2.02. The zero-order valence-electron chi connectivity index (χ0n) is 9.04. The van der Waals surface area contributed by atoms with Crippen molar-refractivity contribution in [1.82, 2.24) is 0 Å². The van der Waals surface area contributed by atoms with Crippen molar-refractivity contribution in [2.45, 2.75) is 13.0 Å². The maximum absolute atomic E-state index is 13.4. The number of carbonyl (C=O) groups excluding carboxylic acids is 1. The third-order valence-electron chi connectivity index (χ3n) is 1.84. The normalized spacial score (nSPS) is 11.3. The van der Waals surface area contributed by atoms with Gasteiger partial charge in [-0.15, -0.1) is 0 Å². The Labute approximate surface area is 107 Å². The van der Waals surface area contributed by atoms with Crippen molar-refractivity contribution in [3.8, 4) is 11.8 Å². The van der Waals surface area contributed by atoms with Gasteiger partial charge >= 0.3 is 5.97 Å². The molecule has 0 amide bonds. The first kappa shape index (κ1) is 13.7. The van der Waals surface area contributed by atoms with Crippen LogP contribution >= 0.6 is 15.9 Å². The van der Waals surface area contributed by atoms with Crippen LogP contribution in [-0.2, 0) is 9.53 Å². The molecule has 0 aliphatic rings. The first-order valence-electron chi connectivity index (χ1n) is 4.86. The third-order valence-corrected chi connectivity index (χ3v) is 2.34. The van der Waals surface area contributed by atoms with Gasteiger partial charge in [0.25, 0.3) is 0 Å². The van der Waals surface area contributed by atoms with Gasteiger partial charge in [0.1, 0.15) is 11.9 Å². The minimum atomic E-state index is -1.35. The number of benzene rings is 1. The molecule has 0 bridgehead atoms. The van der Waals surface area contributed by atoms with E-state index in [1.165, 1.54) is 12.1 Å². The van der Waals surface area contributed by atoms with Crippen LogP contribution in [0.2, 0.25) is 0 Å². The standard InChI is InChI=1S/C12H10BrFO3/c1-2-17-12(16)6-5-11(15)9-4-3-8(13)7-10(9)14/h3-4,7,11,15H,2H2,1H3. The average Bonchev–Trinajstić information content (AvgIpc) is 2.26. The molecule has 1 rings (SSSR count). The summed E-state index contributed by atoms with van der Waals surface area (Å²) in [5.74, 6) is 2.96. The molecule has 17 heavy (non-hydrogen) atoms. The van der Waals surface area contributed by atoms with E-state index in [-0.39, 0.29) is 12.2 Å². The molecule has 90 valence electrons. The molecular weight excluding hydrogens is 291 g/mol. The molecule has 0 fully saturated rings. The van der Waals surface area contributed by atoms with E-state index >= 15 is 0 Å². The fourth-order valence-corrected chi connectivity index (χ4v) is 1.43. The fourth-order valence-electron chi connectivity index (χ4n) is 1.10. The maximum Gasteiger partial charge on any atom is 0.384 e. The van der Waals surface area contributed by atoms with Crippen LogP contribution in [0.5, 0.6) is 0 Å². The highest BCUT2D eigenvalue weighted by Gasteiger charge is 2.10. The summed E-state index contributed by atoms with van der Waals surface area (Å²) in [6.45, 7) is 1.85. The topological polar surface area (TPSA) is 46.5 Å². The predicted molar refractivity (Wildman–Crippen MR) is 63.5 cm³/mol. The van der Waals surface area contributed by atoms with Gasteiger partial charge in [0, 0.05) is 16.0 Å². The van der Waals surface area contributed by atoms with Crippen LogP contribution in [-0.4, -0.2) is 17.7 Å². The van der Waals surface area contributed by atoms with Crippen LogP contribution in [0.1, 0.15) is 18.6 Å². The van der Waals surface area contributed by atoms with Crippen molar-refractivity contribution in [2.75, 3.05) is 6.61 Å². The van der Waals surface area contributed by atoms with Crippen LogP contribution in [0.25, 0.3) is 0 Å². The molecule has 0 radical (unpaired) electrons. The van der Waals surface area contributed by atoms with Crippen LogP contribution in [0.15, 0.2) is 22.7 Å². The molecule has 0 saturated heterocycles. The summed E-state index contributed by atoms with van der Waals surface area (Å²) in [6.07, 6.45) is -1.35. The summed E-state index contributed by atoms with van der Waals surface area (Å²) in [7, 11) is 0. The second-order valence-corrected chi connectivity index (χ2v) is 3.97. The summed E-state index contributed by atoms with van der Waals surface area (Å²) in [5, 5.41) is 9.57. The first-order chi connectivity index (χ1) is 8.04. The second-order valence-electron chi connectivity index (χ2n) is 3.06. The molecule has 0 aliphatic carbocycles. The number of carbonyl (C=O) groups is 1. The van der Waals surface area contributed by atoms with Crippen LogP contribution < -0.4 is 0 Å². The van der Waals surface area contributed by atoms with Gasteiger partial charge in [0.2, 0.25) is 0 Å². The van der Waals surface area contributed by atoms with Gasteiger partial charge in [-0.2, -0.15) is 0 Å². The average molecular weight is 301 g/mol. The first-order valence-corrected chi connectivity index (χ1v) is 5.65. The van der Waals surface area contributed by atoms with Gasteiger partial charge in [-0.3, -0.25) is 0 Å². The molecule has 0 spiro atoms. The highest BCUT2D eigenvalue weighted by atomic mass is 79.9. The van der Waals surface area contributed by atoms with Crippen molar-refractivity contribution in [3.05, 3.63) is 34.1 Å². The number of aliphatic hydroxyl groups excluding tert-OH is 1. The number of hydrogen-bond donors (Lipinski definition) is 1. The quantitative estimate of drug-likeness (QED) is 0.517. The molecule has 1 N–H and O–H groups in total. The van der Waals surface area contributed by atoms with E-state index in [0.29, 0.717) is 4.47 Å². The Morgan fingerprint density at radius 2 is 2.35 bits per heavy atom. The van der Waals surface area contributed by atoms with E-state index in [2.05, 4.69) is 32.5 Å². The maximum atomic E-state index is 13.4. The molecule has 1 aromatic carbocycles. The summed E-state index contributed by atoms with van der Waals surface area (Å²) < 4.78 is 18.5. The highest BCUT2D eigenvalue weighted by molar-refractivity contribution is 9.10. The fraction of sp³-hybridized carbons (Fsp3) is 0.250. The van der Waals surface area contributed by atoms with Crippen LogP contribution in [0.3, 0.4) is 0 Å². The van der Waals surface area contributed by atoms with Gasteiger partial charge < -0.3 is 9.84 Å².